The Kier molecular flexibility index (Phi) is 3.19. The molecule has 0 atom stereocenters. The van der Waals surface area contributed by atoms with Crippen molar-refractivity contribution >= 4 is 5.97 Å². The largest absolute Gasteiger partial charge is 0.481 e. The Morgan fingerprint density at radius 1 is 1.18 bits per heavy atom. The standard InChI is InChI=1S/C14H13NO2/c1-10-7-8-12(11-5-3-2-4-6-11)13(15-10)9-14(16)17/h2-8H,9H2,1H3,(H,16,17). The van der Waals surface area contributed by atoms with Crippen molar-refractivity contribution in [3.63, 3.8) is 0 Å². The first kappa shape index (κ1) is 11.3. The molecule has 1 N–H and O–H groups in total. The number of pyridine rings is 1. The number of hydrogen-bond acceptors (Lipinski definition) is 2. The lowest BCUT2D eigenvalue weighted by molar-refractivity contribution is -0.136. The van der Waals surface area contributed by atoms with E-state index >= 15 is 0 Å². The van der Waals surface area contributed by atoms with Crippen LogP contribution in [0, 0.1) is 6.92 Å². The van der Waals surface area contributed by atoms with Gasteiger partial charge in [0.05, 0.1) is 12.1 Å². The first-order valence-electron chi connectivity index (χ1n) is 5.40. The van der Waals surface area contributed by atoms with E-state index in [0.717, 1.165) is 16.8 Å². The molecule has 86 valence electrons. The lowest BCUT2D eigenvalue weighted by Gasteiger charge is -2.08. The van der Waals surface area contributed by atoms with Gasteiger partial charge in [-0.2, -0.15) is 0 Å². The summed E-state index contributed by atoms with van der Waals surface area (Å²) in [6.07, 6.45) is -0.0497. The number of aryl methyl sites for hydroxylation is 1. The van der Waals surface area contributed by atoms with E-state index in [0.29, 0.717) is 5.69 Å². The van der Waals surface area contributed by atoms with Crippen molar-refractivity contribution in [1.29, 1.82) is 0 Å². The van der Waals surface area contributed by atoms with Crippen molar-refractivity contribution in [2.45, 2.75) is 13.3 Å². The van der Waals surface area contributed by atoms with Crippen LogP contribution in [0.25, 0.3) is 11.1 Å². The van der Waals surface area contributed by atoms with Crippen molar-refractivity contribution in [3.8, 4) is 11.1 Å². The molecule has 1 aromatic heterocycles. The van der Waals surface area contributed by atoms with Crippen LogP contribution in [0.3, 0.4) is 0 Å². The summed E-state index contributed by atoms with van der Waals surface area (Å²) < 4.78 is 0. The van der Waals surface area contributed by atoms with Crippen molar-refractivity contribution in [1.82, 2.24) is 4.98 Å². The number of rotatable bonds is 3. The first-order chi connectivity index (χ1) is 8.16. The van der Waals surface area contributed by atoms with Crippen LogP contribution in [-0.2, 0) is 11.2 Å². The third kappa shape index (κ3) is 2.69. The molecule has 0 unspecified atom stereocenters. The molecule has 0 spiro atoms. The summed E-state index contributed by atoms with van der Waals surface area (Å²) in [5.74, 6) is -0.861. The summed E-state index contributed by atoms with van der Waals surface area (Å²) in [7, 11) is 0. The average molecular weight is 227 g/mol. The van der Waals surface area contributed by atoms with Gasteiger partial charge in [-0.3, -0.25) is 9.78 Å². The molecule has 1 heterocycles. The maximum atomic E-state index is 10.8. The van der Waals surface area contributed by atoms with E-state index in [-0.39, 0.29) is 6.42 Å². The maximum Gasteiger partial charge on any atom is 0.309 e. The average Bonchev–Trinajstić information content (AvgIpc) is 2.29. The van der Waals surface area contributed by atoms with Crippen LogP contribution in [0.15, 0.2) is 42.5 Å². The quantitative estimate of drug-likeness (QED) is 0.877. The second kappa shape index (κ2) is 4.78. The van der Waals surface area contributed by atoms with Crippen LogP contribution in [-0.4, -0.2) is 16.1 Å². The Labute approximate surface area is 99.8 Å². The molecule has 3 nitrogen and oxygen atoms in total. The predicted molar refractivity (Wildman–Crippen MR) is 65.7 cm³/mol. The second-order valence-corrected chi connectivity index (χ2v) is 3.88. The topological polar surface area (TPSA) is 50.2 Å². The van der Waals surface area contributed by atoms with Gasteiger partial charge in [-0.15, -0.1) is 0 Å². The number of carbonyl (C=O) groups is 1. The molecule has 0 aliphatic carbocycles. The van der Waals surface area contributed by atoms with E-state index in [1.165, 1.54) is 0 Å². The maximum absolute atomic E-state index is 10.8. The van der Waals surface area contributed by atoms with Gasteiger partial charge in [-0.05, 0) is 18.6 Å². The molecule has 1 aromatic carbocycles. The summed E-state index contributed by atoms with van der Waals surface area (Å²) in [6, 6.07) is 13.5. The predicted octanol–water partition coefficient (Wildman–Crippen LogP) is 2.68. The highest BCUT2D eigenvalue weighted by atomic mass is 16.4. The van der Waals surface area contributed by atoms with Gasteiger partial charge >= 0.3 is 5.97 Å². The summed E-state index contributed by atoms with van der Waals surface area (Å²) >= 11 is 0. The molecule has 0 saturated carbocycles. The fourth-order valence-corrected chi connectivity index (χ4v) is 1.77. The smallest absolute Gasteiger partial charge is 0.309 e. The van der Waals surface area contributed by atoms with Crippen molar-refractivity contribution in [3.05, 3.63) is 53.9 Å². The van der Waals surface area contributed by atoms with Crippen LogP contribution in [0.1, 0.15) is 11.4 Å². The summed E-state index contributed by atoms with van der Waals surface area (Å²) in [6.45, 7) is 1.86. The number of aliphatic carboxylic acids is 1. The zero-order valence-electron chi connectivity index (χ0n) is 9.55. The molecule has 0 fully saturated rings. The van der Waals surface area contributed by atoms with Gasteiger partial charge in [-0.25, -0.2) is 0 Å². The molecule has 3 heteroatoms. The van der Waals surface area contributed by atoms with E-state index in [2.05, 4.69) is 4.98 Å². The van der Waals surface area contributed by atoms with E-state index < -0.39 is 5.97 Å². The normalized spacial score (nSPS) is 10.2. The molecule has 0 bridgehead atoms. The minimum Gasteiger partial charge on any atom is -0.481 e. The molecular weight excluding hydrogens is 214 g/mol. The minimum absolute atomic E-state index is 0.0497. The molecule has 17 heavy (non-hydrogen) atoms. The lowest BCUT2D eigenvalue weighted by Crippen LogP contribution is -2.05. The van der Waals surface area contributed by atoms with E-state index in [4.69, 9.17) is 5.11 Å². The van der Waals surface area contributed by atoms with Crippen LogP contribution in [0.2, 0.25) is 0 Å². The third-order valence-electron chi connectivity index (χ3n) is 2.52. The van der Waals surface area contributed by atoms with E-state index in [1.54, 1.807) is 0 Å². The van der Waals surface area contributed by atoms with Gasteiger partial charge in [0.2, 0.25) is 0 Å². The summed E-state index contributed by atoms with van der Waals surface area (Å²) in [5.41, 5.74) is 3.33. The third-order valence-corrected chi connectivity index (χ3v) is 2.52. The number of aromatic nitrogens is 1. The molecule has 2 aromatic rings. The molecule has 0 saturated heterocycles. The highest BCUT2D eigenvalue weighted by Crippen LogP contribution is 2.22. The fraction of sp³-hybridized carbons (Fsp3) is 0.143. The Hall–Kier alpha value is -2.16. The van der Waals surface area contributed by atoms with Crippen LogP contribution >= 0.6 is 0 Å². The first-order valence-corrected chi connectivity index (χ1v) is 5.40. The van der Waals surface area contributed by atoms with Crippen LogP contribution in [0.4, 0.5) is 0 Å². The van der Waals surface area contributed by atoms with Gasteiger partial charge in [0, 0.05) is 11.3 Å². The number of nitrogens with zero attached hydrogens (tertiary/aromatic N) is 1. The minimum atomic E-state index is -0.861. The van der Waals surface area contributed by atoms with Crippen molar-refractivity contribution in [2.24, 2.45) is 0 Å². The number of carboxylic acid groups (broad SMARTS) is 1. The van der Waals surface area contributed by atoms with Crippen molar-refractivity contribution < 1.29 is 9.90 Å². The Morgan fingerprint density at radius 2 is 1.88 bits per heavy atom. The van der Waals surface area contributed by atoms with E-state index in [9.17, 15) is 4.79 Å². The molecule has 0 radical (unpaired) electrons. The molecule has 0 aliphatic rings. The zero-order chi connectivity index (χ0) is 12.3. The zero-order valence-corrected chi connectivity index (χ0v) is 9.55. The Balaban J connectivity index is 2.50. The highest BCUT2D eigenvalue weighted by Gasteiger charge is 2.10. The summed E-state index contributed by atoms with van der Waals surface area (Å²) in [5, 5.41) is 8.89. The molecule has 2 rings (SSSR count). The second-order valence-electron chi connectivity index (χ2n) is 3.88. The monoisotopic (exact) mass is 227 g/mol. The molecular formula is C14H13NO2. The lowest BCUT2D eigenvalue weighted by atomic mass is 10.0. The Bertz CT molecular complexity index is 535. The van der Waals surface area contributed by atoms with Gasteiger partial charge < -0.3 is 5.11 Å². The van der Waals surface area contributed by atoms with Crippen molar-refractivity contribution in [2.75, 3.05) is 0 Å². The van der Waals surface area contributed by atoms with Crippen LogP contribution < -0.4 is 0 Å². The Morgan fingerprint density at radius 3 is 2.53 bits per heavy atom. The SMILES string of the molecule is Cc1ccc(-c2ccccc2)c(CC(=O)O)n1. The molecule has 0 aliphatic heterocycles. The highest BCUT2D eigenvalue weighted by molar-refractivity contribution is 5.75. The fourth-order valence-electron chi connectivity index (χ4n) is 1.77. The van der Waals surface area contributed by atoms with E-state index in [1.807, 2.05) is 49.4 Å². The summed E-state index contributed by atoms with van der Waals surface area (Å²) in [4.78, 5) is 15.1. The van der Waals surface area contributed by atoms with Gasteiger partial charge in [0.15, 0.2) is 0 Å². The number of carboxylic acids is 1. The van der Waals surface area contributed by atoms with Gasteiger partial charge in [0.25, 0.3) is 0 Å². The van der Waals surface area contributed by atoms with Gasteiger partial charge in [-0.1, -0.05) is 36.4 Å². The number of benzene rings is 1. The van der Waals surface area contributed by atoms with Gasteiger partial charge in [0.1, 0.15) is 0 Å². The molecule has 0 amide bonds. The number of hydrogen-bond donors (Lipinski definition) is 1. The van der Waals surface area contributed by atoms with Crippen LogP contribution in [0.5, 0.6) is 0 Å².